The van der Waals surface area contributed by atoms with Gasteiger partial charge in [-0.3, -0.25) is 4.79 Å². The van der Waals surface area contributed by atoms with E-state index in [4.69, 9.17) is 9.47 Å². The number of methoxy groups -OCH3 is 1. The van der Waals surface area contributed by atoms with Gasteiger partial charge in [-0.25, -0.2) is 9.18 Å². The molecule has 180 valence electrons. The molecule has 5 rings (SSSR count). The van der Waals surface area contributed by atoms with Crippen molar-refractivity contribution in [3.8, 4) is 16.2 Å². The van der Waals surface area contributed by atoms with Gasteiger partial charge in [0, 0.05) is 22.0 Å². The molecule has 0 bridgehead atoms. The summed E-state index contributed by atoms with van der Waals surface area (Å²) in [5, 5.41) is 11.0. The van der Waals surface area contributed by atoms with Gasteiger partial charge in [-0.1, -0.05) is 13.8 Å². The number of nitrogens with zero attached hydrogens (tertiary/aromatic N) is 1. The number of fused-ring (bicyclic) bond motifs is 2. The molecule has 0 radical (unpaired) electrons. The third-order valence-electron chi connectivity index (χ3n) is 6.98. The van der Waals surface area contributed by atoms with Gasteiger partial charge in [-0.05, 0) is 55.7 Å². The summed E-state index contributed by atoms with van der Waals surface area (Å²) in [5.74, 6) is -1.05. The van der Waals surface area contributed by atoms with Crippen molar-refractivity contribution < 1.29 is 23.8 Å². The number of ether oxygens (including phenoxy) is 2. The van der Waals surface area contributed by atoms with Crippen LogP contribution in [0.3, 0.4) is 0 Å². The first-order valence-electron chi connectivity index (χ1n) is 11.6. The lowest BCUT2D eigenvalue weighted by Crippen LogP contribution is -2.26. The fraction of sp³-hybridized carbons (Fsp3) is 0.462. The smallest absolute Gasteiger partial charge is 0.343 e. The lowest BCUT2D eigenvalue weighted by Gasteiger charge is -2.34. The first-order chi connectivity index (χ1) is 16.2. The highest BCUT2D eigenvalue weighted by Gasteiger charge is 2.37. The maximum atomic E-state index is 15.7. The third kappa shape index (κ3) is 3.55. The molecule has 1 saturated carbocycles. The average Bonchev–Trinajstić information content (AvgIpc) is 3.55. The minimum absolute atomic E-state index is 0.0954. The summed E-state index contributed by atoms with van der Waals surface area (Å²) in [4.78, 5) is 27.2. The standard InChI is InChI=1S/C26H28FNO5S/c1-5-33-25(31)16-12-28(14-6-7-14)20-15(21(16)29)11-17(27)19(22(20)32-4)18-10-13-8-9-26(2,3)24(30)23(13)34-18/h10-12,14,24,30H,5-9H2,1-4H3. The SMILES string of the molecule is CCOC(=O)c1cn(C2CC2)c2c(OC)c(-c3cc4c(s3)C(O)C(C)(C)CC4)c(F)cc2c1=O. The predicted octanol–water partition coefficient (Wildman–Crippen LogP) is 5.40. The molecule has 3 aromatic rings. The molecule has 34 heavy (non-hydrogen) atoms. The number of esters is 1. The molecule has 1 fully saturated rings. The first-order valence-corrected chi connectivity index (χ1v) is 12.4. The number of carbonyl (C=O) groups excluding carboxylic acids is 1. The Labute approximate surface area is 200 Å². The van der Waals surface area contributed by atoms with E-state index in [1.807, 2.05) is 24.5 Å². The molecule has 2 aliphatic rings. The van der Waals surface area contributed by atoms with E-state index in [0.717, 1.165) is 36.1 Å². The summed E-state index contributed by atoms with van der Waals surface area (Å²) in [6.07, 6.45) is 4.34. The number of aryl methyl sites for hydroxylation is 1. The largest absolute Gasteiger partial charge is 0.494 e. The van der Waals surface area contributed by atoms with E-state index in [0.29, 0.717) is 10.4 Å². The second kappa shape index (κ2) is 8.20. The molecule has 2 aliphatic carbocycles. The maximum absolute atomic E-state index is 15.7. The second-order valence-electron chi connectivity index (χ2n) is 9.78. The zero-order chi connectivity index (χ0) is 24.4. The van der Waals surface area contributed by atoms with E-state index < -0.39 is 23.3 Å². The minimum atomic E-state index is -0.713. The third-order valence-corrected chi connectivity index (χ3v) is 8.23. The van der Waals surface area contributed by atoms with Gasteiger partial charge in [0.05, 0.1) is 36.3 Å². The van der Waals surface area contributed by atoms with Crippen LogP contribution in [0.1, 0.15) is 73.0 Å². The van der Waals surface area contributed by atoms with Crippen LogP contribution in [0.15, 0.2) is 23.1 Å². The van der Waals surface area contributed by atoms with Crippen LogP contribution in [-0.4, -0.2) is 29.4 Å². The topological polar surface area (TPSA) is 77.8 Å². The summed E-state index contributed by atoms with van der Waals surface area (Å²) in [5.41, 5.74) is 0.843. The zero-order valence-electron chi connectivity index (χ0n) is 19.7. The van der Waals surface area contributed by atoms with Gasteiger partial charge in [0.25, 0.3) is 0 Å². The molecule has 1 unspecified atom stereocenters. The van der Waals surface area contributed by atoms with Crippen molar-refractivity contribution in [2.24, 2.45) is 5.41 Å². The molecule has 2 aromatic heterocycles. The van der Waals surface area contributed by atoms with Gasteiger partial charge in [0.15, 0.2) is 5.75 Å². The highest BCUT2D eigenvalue weighted by Crippen LogP contribution is 2.51. The number of thiophene rings is 1. The van der Waals surface area contributed by atoms with Crippen LogP contribution >= 0.6 is 11.3 Å². The maximum Gasteiger partial charge on any atom is 0.343 e. The van der Waals surface area contributed by atoms with E-state index in [2.05, 4.69) is 0 Å². The van der Waals surface area contributed by atoms with E-state index in [-0.39, 0.29) is 40.3 Å². The number of hydrogen-bond acceptors (Lipinski definition) is 6. The minimum Gasteiger partial charge on any atom is -0.494 e. The van der Waals surface area contributed by atoms with Crippen molar-refractivity contribution >= 4 is 28.2 Å². The molecule has 2 heterocycles. The van der Waals surface area contributed by atoms with Crippen LogP contribution in [0, 0.1) is 11.2 Å². The molecule has 8 heteroatoms. The second-order valence-corrected chi connectivity index (χ2v) is 10.9. The summed E-state index contributed by atoms with van der Waals surface area (Å²) >= 11 is 1.37. The summed E-state index contributed by atoms with van der Waals surface area (Å²) in [7, 11) is 1.46. The molecular weight excluding hydrogens is 457 g/mol. The van der Waals surface area contributed by atoms with Crippen LogP contribution in [0.5, 0.6) is 5.75 Å². The molecule has 0 spiro atoms. The highest BCUT2D eigenvalue weighted by molar-refractivity contribution is 7.15. The van der Waals surface area contributed by atoms with Crippen molar-refractivity contribution in [1.82, 2.24) is 4.57 Å². The van der Waals surface area contributed by atoms with Crippen molar-refractivity contribution in [2.45, 2.75) is 58.6 Å². The fourth-order valence-corrected chi connectivity index (χ4v) is 6.27. The van der Waals surface area contributed by atoms with E-state index in [9.17, 15) is 14.7 Å². The Morgan fingerprint density at radius 2 is 2.06 bits per heavy atom. The van der Waals surface area contributed by atoms with Crippen LogP contribution in [-0.2, 0) is 11.2 Å². The Balaban J connectivity index is 1.77. The Morgan fingerprint density at radius 3 is 2.71 bits per heavy atom. The van der Waals surface area contributed by atoms with Crippen molar-refractivity contribution in [3.63, 3.8) is 0 Å². The number of aliphatic hydroxyl groups excluding tert-OH is 1. The molecule has 6 nitrogen and oxygen atoms in total. The van der Waals surface area contributed by atoms with E-state index >= 15 is 4.39 Å². The fourth-order valence-electron chi connectivity index (χ4n) is 4.82. The number of halogens is 1. The Bertz CT molecular complexity index is 1370. The van der Waals surface area contributed by atoms with E-state index in [1.165, 1.54) is 30.7 Å². The lowest BCUT2D eigenvalue weighted by molar-refractivity contribution is 0.0373. The normalized spacial score (nSPS) is 19.2. The number of aliphatic hydroxyl groups is 1. The number of pyridine rings is 1. The van der Waals surface area contributed by atoms with Gasteiger partial charge < -0.3 is 19.1 Å². The summed E-state index contributed by atoms with van der Waals surface area (Å²) in [6.45, 7) is 5.88. The van der Waals surface area contributed by atoms with Crippen LogP contribution < -0.4 is 10.2 Å². The molecule has 1 N–H and O–H groups in total. The Morgan fingerprint density at radius 1 is 1.32 bits per heavy atom. The molecular formula is C26H28FNO5S. The van der Waals surface area contributed by atoms with Crippen LogP contribution in [0.2, 0.25) is 0 Å². The number of aromatic nitrogens is 1. The van der Waals surface area contributed by atoms with Crippen molar-refractivity contribution in [3.05, 3.63) is 50.4 Å². The van der Waals surface area contributed by atoms with E-state index in [1.54, 1.807) is 6.92 Å². The van der Waals surface area contributed by atoms with Crippen molar-refractivity contribution in [2.75, 3.05) is 13.7 Å². The number of benzene rings is 1. The van der Waals surface area contributed by atoms with Crippen LogP contribution in [0.4, 0.5) is 4.39 Å². The number of rotatable bonds is 5. The van der Waals surface area contributed by atoms with Gasteiger partial charge in [-0.2, -0.15) is 0 Å². The Hall–Kier alpha value is -2.71. The zero-order valence-corrected chi connectivity index (χ0v) is 20.6. The molecule has 0 aliphatic heterocycles. The van der Waals surface area contributed by atoms with Gasteiger partial charge >= 0.3 is 5.97 Å². The predicted molar refractivity (Wildman–Crippen MR) is 129 cm³/mol. The number of carbonyl (C=O) groups is 1. The Kier molecular flexibility index (Phi) is 5.56. The summed E-state index contributed by atoms with van der Waals surface area (Å²) in [6, 6.07) is 3.23. The quantitative estimate of drug-likeness (QED) is 0.490. The highest BCUT2D eigenvalue weighted by atomic mass is 32.1. The molecule has 0 saturated heterocycles. The molecule has 0 amide bonds. The van der Waals surface area contributed by atoms with Gasteiger partial charge in [-0.15, -0.1) is 11.3 Å². The van der Waals surface area contributed by atoms with Gasteiger partial charge in [0.2, 0.25) is 5.43 Å². The first kappa shape index (κ1) is 23.1. The molecule has 1 atom stereocenters. The van der Waals surface area contributed by atoms with Crippen molar-refractivity contribution in [1.29, 1.82) is 0 Å². The summed E-state index contributed by atoms with van der Waals surface area (Å²) < 4.78 is 28.3. The monoisotopic (exact) mass is 485 g/mol. The lowest BCUT2D eigenvalue weighted by atomic mass is 9.75. The molecule has 1 aromatic carbocycles. The van der Waals surface area contributed by atoms with Crippen LogP contribution in [0.25, 0.3) is 21.3 Å². The van der Waals surface area contributed by atoms with Gasteiger partial charge in [0.1, 0.15) is 11.4 Å². The number of hydrogen-bond donors (Lipinski definition) is 1. The average molecular weight is 486 g/mol.